The maximum atomic E-state index is 10.9. The van der Waals surface area contributed by atoms with Crippen LogP contribution in [0.5, 0.6) is 0 Å². The van der Waals surface area contributed by atoms with Crippen LogP contribution in [0, 0.1) is 0 Å². The minimum Gasteiger partial charge on any atom is -0.478 e. The lowest BCUT2D eigenvalue weighted by Gasteiger charge is -2.08. The standard InChI is InChI=1S/C10H11ClN2O3/c11-6-1-2-8(7(5-6)10(15)16)13-4-3-9(12)14/h1-2,5,13H,3-4H2,(H2,12,14)(H,15,16). The van der Waals surface area contributed by atoms with E-state index >= 15 is 0 Å². The smallest absolute Gasteiger partial charge is 0.337 e. The minimum absolute atomic E-state index is 0.0666. The Kier molecular flexibility index (Phi) is 4.13. The van der Waals surface area contributed by atoms with Crippen LogP contribution in [0.2, 0.25) is 5.02 Å². The van der Waals surface area contributed by atoms with Crippen LogP contribution in [-0.2, 0) is 4.79 Å². The Hall–Kier alpha value is -1.75. The van der Waals surface area contributed by atoms with Crippen molar-refractivity contribution in [1.82, 2.24) is 0 Å². The molecule has 0 spiro atoms. The third kappa shape index (κ3) is 3.43. The third-order valence-corrected chi connectivity index (χ3v) is 2.13. The molecule has 0 heterocycles. The van der Waals surface area contributed by atoms with Gasteiger partial charge in [-0.15, -0.1) is 0 Å². The molecule has 0 bridgehead atoms. The predicted octanol–water partition coefficient (Wildman–Crippen LogP) is 1.33. The number of primary amides is 1. The van der Waals surface area contributed by atoms with Gasteiger partial charge in [-0.25, -0.2) is 4.79 Å². The molecule has 0 unspecified atom stereocenters. The molecule has 0 aliphatic heterocycles. The first-order valence-electron chi connectivity index (χ1n) is 4.55. The number of aromatic carboxylic acids is 1. The molecule has 0 fully saturated rings. The zero-order chi connectivity index (χ0) is 12.1. The Labute approximate surface area is 97.2 Å². The molecule has 16 heavy (non-hydrogen) atoms. The molecule has 0 saturated heterocycles. The van der Waals surface area contributed by atoms with Gasteiger partial charge < -0.3 is 16.2 Å². The second-order valence-electron chi connectivity index (χ2n) is 3.14. The summed E-state index contributed by atoms with van der Waals surface area (Å²) in [4.78, 5) is 21.4. The van der Waals surface area contributed by atoms with Gasteiger partial charge in [-0.2, -0.15) is 0 Å². The molecule has 0 radical (unpaired) electrons. The van der Waals surface area contributed by atoms with E-state index in [1.807, 2.05) is 0 Å². The van der Waals surface area contributed by atoms with Crippen molar-refractivity contribution in [2.45, 2.75) is 6.42 Å². The Morgan fingerprint density at radius 3 is 2.69 bits per heavy atom. The number of carboxylic acids is 1. The number of nitrogens with two attached hydrogens (primary N) is 1. The molecule has 1 amide bonds. The summed E-state index contributed by atoms with van der Waals surface area (Å²) in [6.45, 7) is 0.289. The SMILES string of the molecule is NC(=O)CCNc1ccc(Cl)cc1C(=O)O. The predicted molar refractivity (Wildman–Crippen MR) is 60.7 cm³/mol. The average Bonchev–Trinajstić information content (AvgIpc) is 2.19. The summed E-state index contributed by atoms with van der Waals surface area (Å²) in [7, 11) is 0. The molecular weight excluding hydrogens is 232 g/mol. The number of hydrogen-bond donors (Lipinski definition) is 3. The van der Waals surface area contributed by atoms with Crippen LogP contribution >= 0.6 is 11.6 Å². The second-order valence-corrected chi connectivity index (χ2v) is 3.57. The van der Waals surface area contributed by atoms with Crippen molar-refractivity contribution in [3.05, 3.63) is 28.8 Å². The van der Waals surface area contributed by atoms with Gasteiger partial charge in [0.05, 0.1) is 5.56 Å². The normalized spacial score (nSPS) is 9.81. The van der Waals surface area contributed by atoms with Gasteiger partial charge in [-0.1, -0.05) is 11.6 Å². The summed E-state index contributed by atoms with van der Waals surface area (Å²) in [5.74, 6) is -1.53. The monoisotopic (exact) mass is 242 g/mol. The number of halogens is 1. The number of carbonyl (C=O) groups excluding carboxylic acids is 1. The zero-order valence-corrected chi connectivity index (χ0v) is 9.12. The van der Waals surface area contributed by atoms with Crippen molar-refractivity contribution < 1.29 is 14.7 Å². The van der Waals surface area contributed by atoms with Crippen LogP contribution in [0.4, 0.5) is 5.69 Å². The molecule has 0 aliphatic carbocycles. The van der Waals surface area contributed by atoms with Gasteiger partial charge in [0.2, 0.25) is 5.91 Å². The highest BCUT2D eigenvalue weighted by Crippen LogP contribution is 2.20. The molecule has 0 atom stereocenters. The first kappa shape index (κ1) is 12.3. The Bertz CT molecular complexity index is 421. The van der Waals surface area contributed by atoms with E-state index in [0.717, 1.165) is 0 Å². The first-order chi connectivity index (χ1) is 7.50. The summed E-state index contributed by atoms with van der Waals surface area (Å²) < 4.78 is 0. The summed E-state index contributed by atoms with van der Waals surface area (Å²) in [6, 6.07) is 4.46. The van der Waals surface area contributed by atoms with Crippen molar-refractivity contribution in [3.8, 4) is 0 Å². The highest BCUT2D eigenvalue weighted by atomic mass is 35.5. The van der Waals surface area contributed by atoms with E-state index in [9.17, 15) is 9.59 Å². The van der Waals surface area contributed by atoms with Crippen LogP contribution in [0.25, 0.3) is 0 Å². The van der Waals surface area contributed by atoms with Crippen LogP contribution in [0.1, 0.15) is 16.8 Å². The maximum Gasteiger partial charge on any atom is 0.337 e. The van der Waals surface area contributed by atoms with Gasteiger partial charge in [0.25, 0.3) is 0 Å². The molecule has 4 N–H and O–H groups in total. The van der Waals surface area contributed by atoms with Gasteiger partial charge in [0, 0.05) is 23.7 Å². The minimum atomic E-state index is -1.08. The Morgan fingerprint density at radius 1 is 1.44 bits per heavy atom. The first-order valence-corrected chi connectivity index (χ1v) is 4.93. The molecule has 6 heteroatoms. The number of carboxylic acid groups (broad SMARTS) is 1. The number of anilines is 1. The lowest BCUT2D eigenvalue weighted by Crippen LogP contribution is -2.16. The molecule has 0 aliphatic rings. The molecule has 1 rings (SSSR count). The van der Waals surface area contributed by atoms with Crippen LogP contribution < -0.4 is 11.1 Å². The zero-order valence-electron chi connectivity index (χ0n) is 8.37. The van der Waals surface area contributed by atoms with Gasteiger partial charge in [-0.05, 0) is 18.2 Å². The van der Waals surface area contributed by atoms with Crippen LogP contribution in [0.15, 0.2) is 18.2 Å². The van der Waals surface area contributed by atoms with Crippen molar-refractivity contribution in [2.75, 3.05) is 11.9 Å². The summed E-state index contributed by atoms with van der Waals surface area (Å²) >= 11 is 5.68. The molecule has 1 aromatic rings. The number of hydrogen-bond acceptors (Lipinski definition) is 3. The second kappa shape index (κ2) is 5.37. The molecular formula is C10H11ClN2O3. The fourth-order valence-corrected chi connectivity index (χ4v) is 1.34. The van der Waals surface area contributed by atoms with E-state index in [4.69, 9.17) is 22.4 Å². The fraction of sp³-hybridized carbons (Fsp3) is 0.200. The van der Waals surface area contributed by atoms with E-state index < -0.39 is 11.9 Å². The van der Waals surface area contributed by atoms with Crippen molar-refractivity contribution in [2.24, 2.45) is 5.73 Å². The molecule has 1 aromatic carbocycles. The maximum absolute atomic E-state index is 10.9. The molecule has 5 nitrogen and oxygen atoms in total. The number of carbonyl (C=O) groups is 2. The Morgan fingerprint density at radius 2 is 2.12 bits per heavy atom. The number of benzene rings is 1. The quantitative estimate of drug-likeness (QED) is 0.726. The summed E-state index contributed by atoms with van der Waals surface area (Å²) in [5.41, 5.74) is 5.44. The lowest BCUT2D eigenvalue weighted by molar-refractivity contribution is -0.117. The van der Waals surface area contributed by atoms with Crippen molar-refractivity contribution in [3.63, 3.8) is 0 Å². The highest BCUT2D eigenvalue weighted by molar-refractivity contribution is 6.31. The topological polar surface area (TPSA) is 92.4 Å². The number of rotatable bonds is 5. The Balaban J connectivity index is 2.78. The molecule has 86 valence electrons. The van der Waals surface area contributed by atoms with E-state index in [0.29, 0.717) is 10.7 Å². The van der Waals surface area contributed by atoms with Crippen molar-refractivity contribution >= 4 is 29.2 Å². The highest BCUT2D eigenvalue weighted by Gasteiger charge is 2.10. The average molecular weight is 243 g/mol. The molecule has 0 aromatic heterocycles. The van der Waals surface area contributed by atoms with Crippen LogP contribution in [-0.4, -0.2) is 23.5 Å². The third-order valence-electron chi connectivity index (χ3n) is 1.90. The van der Waals surface area contributed by atoms with Gasteiger partial charge in [0.15, 0.2) is 0 Å². The van der Waals surface area contributed by atoms with Gasteiger partial charge in [-0.3, -0.25) is 4.79 Å². The summed E-state index contributed by atoms with van der Waals surface area (Å²) in [5, 5.41) is 12.1. The van der Waals surface area contributed by atoms with E-state index in [-0.39, 0.29) is 18.5 Å². The van der Waals surface area contributed by atoms with Gasteiger partial charge in [0.1, 0.15) is 0 Å². The lowest BCUT2D eigenvalue weighted by atomic mass is 10.2. The number of nitrogens with one attached hydrogen (secondary N) is 1. The summed E-state index contributed by atoms with van der Waals surface area (Å²) in [6.07, 6.45) is 0.141. The molecule has 0 saturated carbocycles. The van der Waals surface area contributed by atoms with E-state index in [1.165, 1.54) is 6.07 Å². The van der Waals surface area contributed by atoms with Gasteiger partial charge >= 0.3 is 5.97 Å². The van der Waals surface area contributed by atoms with E-state index in [2.05, 4.69) is 5.32 Å². The fourth-order valence-electron chi connectivity index (χ4n) is 1.17. The van der Waals surface area contributed by atoms with Crippen molar-refractivity contribution in [1.29, 1.82) is 0 Å². The van der Waals surface area contributed by atoms with E-state index in [1.54, 1.807) is 12.1 Å². The van der Waals surface area contributed by atoms with Crippen LogP contribution in [0.3, 0.4) is 0 Å². The number of amides is 1. The largest absolute Gasteiger partial charge is 0.478 e.